The summed E-state index contributed by atoms with van der Waals surface area (Å²) in [6, 6.07) is 0.935. The lowest BCUT2D eigenvalue weighted by molar-refractivity contribution is 0.125. The van der Waals surface area contributed by atoms with Crippen LogP contribution in [0, 0.1) is 0 Å². The third-order valence-corrected chi connectivity index (χ3v) is 4.53. The number of nitrogens with zero attached hydrogens (tertiary/aromatic N) is 1. The van der Waals surface area contributed by atoms with E-state index in [9.17, 15) is 0 Å². The van der Waals surface area contributed by atoms with Crippen LogP contribution < -0.4 is 0 Å². The fourth-order valence-electron chi connectivity index (χ4n) is 2.59. The zero-order valence-corrected chi connectivity index (χ0v) is 13.2. The van der Waals surface area contributed by atoms with E-state index in [4.69, 9.17) is 0 Å². The minimum absolute atomic E-state index is 0.935. The zero-order valence-electron chi connectivity index (χ0n) is 11.6. The quantitative estimate of drug-likeness (QED) is 0.384. The van der Waals surface area contributed by atoms with E-state index in [0.717, 1.165) is 11.4 Å². The van der Waals surface area contributed by atoms with Crippen LogP contribution in [0.5, 0.6) is 0 Å². The van der Waals surface area contributed by atoms with Crippen LogP contribution in [-0.2, 0) is 0 Å². The molecule has 1 fully saturated rings. The third-order valence-electron chi connectivity index (χ3n) is 3.97. The Kier molecular flexibility index (Phi) is 9.45. The molecule has 1 aliphatic rings. The van der Waals surface area contributed by atoms with E-state index in [0.29, 0.717) is 0 Å². The first-order valence-corrected chi connectivity index (χ1v) is 8.80. The molecule has 1 nitrogen and oxygen atoms in total. The highest BCUT2D eigenvalue weighted by Gasteiger charge is 2.23. The van der Waals surface area contributed by atoms with Crippen molar-refractivity contribution < 1.29 is 0 Å². The smallest absolute Gasteiger partial charge is 0.00952 e. The highest BCUT2D eigenvalue weighted by atomic mass is 79.9. The number of alkyl halides is 1. The second-order valence-corrected chi connectivity index (χ2v) is 6.22. The van der Waals surface area contributed by atoms with Gasteiger partial charge in [0.1, 0.15) is 0 Å². The Morgan fingerprint density at radius 2 is 1.59 bits per heavy atom. The Labute approximate surface area is 116 Å². The van der Waals surface area contributed by atoms with Crippen molar-refractivity contribution in [1.82, 2.24) is 4.90 Å². The fraction of sp³-hybridized carbons (Fsp3) is 1.00. The molecule has 0 radical (unpaired) electrons. The number of unbranched alkanes of at least 4 members (excludes halogenated alkanes) is 5. The lowest BCUT2D eigenvalue weighted by Crippen LogP contribution is -2.41. The summed E-state index contributed by atoms with van der Waals surface area (Å²) in [5.41, 5.74) is 0. The molecule has 0 aliphatic heterocycles. The van der Waals surface area contributed by atoms with Gasteiger partial charge in [-0.2, -0.15) is 0 Å². The normalized spacial score (nSPS) is 16.4. The molecular weight excluding hydrogens is 274 g/mol. The van der Waals surface area contributed by atoms with Crippen LogP contribution in [0.15, 0.2) is 0 Å². The molecule has 1 saturated carbocycles. The van der Waals surface area contributed by atoms with Crippen molar-refractivity contribution in [2.24, 2.45) is 0 Å². The summed E-state index contributed by atoms with van der Waals surface area (Å²) in [6.45, 7) is 4.95. The Hall–Kier alpha value is 0.440. The summed E-state index contributed by atoms with van der Waals surface area (Å²) in [4.78, 5) is 2.75. The minimum atomic E-state index is 0.935. The molecule has 0 N–H and O–H groups in total. The Bertz CT molecular complexity index is 168. The van der Waals surface area contributed by atoms with Crippen molar-refractivity contribution >= 4 is 15.9 Å². The summed E-state index contributed by atoms with van der Waals surface area (Å²) in [5.74, 6) is 0. The maximum atomic E-state index is 3.55. The number of rotatable bonds is 11. The van der Waals surface area contributed by atoms with Crippen molar-refractivity contribution in [2.75, 3.05) is 18.4 Å². The molecule has 0 aromatic rings. The highest BCUT2D eigenvalue weighted by molar-refractivity contribution is 9.09. The number of hydrogen-bond donors (Lipinski definition) is 0. The SMILES string of the molecule is CCCCCCCCN(CCCBr)C1CCC1. The van der Waals surface area contributed by atoms with E-state index in [-0.39, 0.29) is 0 Å². The maximum absolute atomic E-state index is 3.55. The number of hydrogen-bond acceptors (Lipinski definition) is 1. The van der Waals surface area contributed by atoms with Gasteiger partial charge in [-0.15, -0.1) is 0 Å². The van der Waals surface area contributed by atoms with Crippen molar-refractivity contribution in [2.45, 2.75) is 77.2 Å². The summed E-state index contributed by atoms with van der Waals surface area (Å²) in [7, 11) is 0. The summed E-state index contributed by atoms with van der Waals surface area (Å²) < 4.78 is 0. The average Bonchev–Trinajstić information content (AvgIpc) is 2.27. The molecule has 1 rings (SSSR count). The van der Waals surface area contributed by atoms with Gasteiger partial charge in [-0.25, -0.2) is 0 Å². The molecule has 0 atom stereocenters. The predicted octanol–water partition coefficient (Wildman–Crippen LogP) is 4.99. The second kappa shape index (κ2) is 10.4. The summed E-state index contributed by atoms with van der Waals surface area (Å²) >= 11 is 3.55. The fourth-order valence-corrected chi connectivity index (χ4v) is 2.84. The van der Waals surface area contributed by atoms with Crippen LogP contribution >= 0.6 is 15.9 Å². The van der Waals surface area contributed by atoms with Gasteiger partial charge in [-0.1, -0.05) is 61.4 Å². The van der Waals surface area contributed by atoms with E-state index >= 15 is 0 Å². The molecular formula is C15H30BrN. The van der Waals surface area contributed by atoms with Gasteiger partial charge in [0.15, 0.2) is 0 Å². The maximum Gasteiger partial charge on any atom is 0.00952 e. The van der Waals surface area contributed by atoms with Gasteiger partial charge in [0.05, 0.1) is 0 Å². The van der Waals surface area contributed by atoms with Crippen molar-refractivity contribution in [3.8, 4) is 0 Å². The van der Waals surface area contributed by atoms with Gasteiger partial charge in [0.25, 0.3) is 0 Å². The Morgan fingerprint density at radius 1 is 0.941 bits per heavy atom. The number of halogens is 1. The van der Waals surface area contributed by atoms with E-state index in [1.165, 1.54) is 77.3 Å². The van der Waals surface area contributed by atoms with E-state index < -0.39 is 0 Å². The van der Waals surface area contributed by atoms with E-state index in [1.807, 2.05) is 0 Å². The lowest BCUT2D eigenvalue weighted by Gasteiger charge is -2.37. The molecule has 0 saturated heterocycles. The van der Waals surface area contributed by atoms with Crippen LogP contribution in [-0.4, -0.2) is 29.4 Å². The van der Waals surface area contributed by atoms with Gasteiger partial charge in [0.2, 0.25) is 0 Å². The molecule has 0 bridgehead atoms. The average molecular weight is 304 g/mol. The van der Waals surface area contributed by atoms with Crippen LogP contribution in [0.4, 0.5) is 0 Å². The first-order valence-electron chi connectivity index (χ1n) is 7.68. The largest absolute Gasteiger partial charge is 0.300 e. The molecule has 0 amide bonds. The molecule has 0 unspecified atom stereocenters. The first kappa shape index (κ1) is 15.5. The molecule has 2 heteroatoms. The summed E-state index contributed by atoms with van der Waals surface area (Å²) in [5, 5.41) is 1.16. The Balaban J connectivity index is 2.02. The van der Waals surface area contributed by atoms with Crippen LogP contribution in [0.1, 0.15) is 71.1 Å². The van der Waals surface area contributed by atoms with Gasteiger partial charge < -0.3 is 4.90 Å². The molecule has 0 heterocycles. The minimum Gasteiger partial charge on any atom is -0.300 e. The third kappa shape index (κ3) is 6.81. The lowest BCUT2D eigenvalue weighted by atomic mass is 9.91. The molecule has 17 heavy (non-hydrogen) atoms. The zero-order chi connectivity index (χ0) is 12.3. The van der Waals surface area contributed by atoms with Crippen molar-refractivity contribution in [1.29, 1.82) is 0 Å². The molecule has 0 spiro atoms. The monoisotopic (exact) mass is 303 g/mol. The first-order chi connectivity index (χ1) is 8.38. The van der Waals surface area contributed by atoms with Crippen LogP contribution in [0.25, 0.3) is 0 Å². The topological polar surface area (TPSA) is 3.24 Å². The van der Waals surface area contributed by atoms with Crippen LogP contribution in [0.2, 0.25) is 0 Å². The summed E-state index contributed by atoms with van der Waals surface area (Å²) in [6.07, 6.45) is 14.2. The van der Waals surface area contributed by atoms with Gasteiger partial charge in [-0.05, 0) is 38.8 Å². The molecule has 0 aromatic heterocycles. The van der Waals surface area contributed by atoms with Crippen molar-refractivity contribution in [3.63, 3.8) is 0 Å². The highest BCUT2D eigenvalue weighted by Crippen LogP contribution is 2.25. The Morgan fingerprint density at radius 3 is 2.18 bits per heavy atom. The molecule has 1 aliphatic carbocycles. The van der Waals surface area contributed by atoms with Crippen molar-refractivity contribution in [3.05, 3.63) is 0 Å². The van der Waals surface area contributed by atoms with Gasteiger partial charge in [0, 0.05) is 11.4 Å². The second-order valence-electron chi connectivity index (χ2n) is 5.43. The molecule has 0 aromatic carbocycles. The van der Waals surface area contributed by atoms with Crippen LogP contribution in [0.3, 0.4) is 0 Å². The van der Waals surface area contributed by atoms with E-state index in [1.54, 1.807) is 0 Å². The van der Waals surface area contributed by atoms with E-state index in [2.05, 4.69) is 27.8 Å². The predicted molar refractivity (Wildman–Crippen MR) is 81.0 cm³/mol. The standard InChI is InChI=1S/C15H30BrN/c1-2-3-4-5-6-7-13-17(14-9-12-16)15-10-8-11-15/h15H,2-14H2,1H3. The molecule has 102 valence electrons. The van der Waals surface area contributed by atoms with Gasteiger partial charge >= 0.3 is 0 Å². The van der Waals surface area contributed by atoms with Gasteiger partial charge in [-0.3, -0.25) is 0 Å².